The number of rotatable bonds is 4. The highest BCUT2D eigenvalue weighted by atomic mass is 16.7. The highest BCUT2D eigenvalue weighted by Crippen LogP contribution is 2.37. The van der Waals surface area contributed by atoms with Crippen molar-refractivity contribution in [3.8, 4) is 17.4 Å². The van der Waals surface area contributed by atoms with Crippen LogP contribution in [0.2, 0.25) is 0 Å². The van der Waals surface area contributed by atoms with Gasteiger partial charge in [0.05, 0.1) is 18.4 Å². The predicted molar refractivity (Wildman–Crippen MR) is 92.2 cm³/mol. The van der Waals surface area contributed by atoms with Crippen LogP contribution >= 0.6 is 0 Å². The molecule has 0 radical (unpaired) electrons. The van der Waals surface area contributed by atoms with Gasteiger partial charge in [0.15, 0.2) is 11.5 Å². The molecule has 7 heteroatoms. The molecule has 1 atom stereocenters. The smallest absolute Gasteiger partial charge is 0.232 e. The van der Waals surface area contributed by atoms with Crippen molar-refractivity contribution in [2.75, 3.05) is 26.5 Å². The summed E-state index contributed by atoms with van der Waals surface area (Å²) < 4.78 is 22.9. The lowest BCUT2D eigenvalue weighted by molar-refractivity contribution is -0.188. The quantitative estimate of drug-likeness (QED) is 0.831. The molecule has 0 N–H and O–H groups in total. The summed E-state index contributed by atoms with van der Waals surface area (Å²) in [7, 11) is 0. The number of nitrogens with zero attached hydrogens (tertiary/aromatic N) is 3. The van der Waals surface area contributed by atoms with Crippen LogP contribution in [0.1, 0.15) is 18.4 Å². The Labute approximate surface area is 151 Å². The third kappa shape index (κ3) is 3.08. The van der Waals surface area contributed by atoms with Crippen molar-refractivity contribution in [1.82, 2.24) is 14.9 Å². The average Bonchev–Trinajstić information content (AvgIpc) is 3.09. The summed E-state index contributed by atoms with van der Waals surface area (Å²) >= 11 is 0. The summed E-state index contributed by atoms with van der Waals surface area (Å²) in [5.74, 6) is 2.25. The van der Waals surface area contributed by atoms with Gasteiger partial charge in [-0.2, -0.15) is 0 Å². The lowest BCUT2D eigenvalue weighted by Gasteiger charge is -2.53. The molecule has 5 rings (SSSR count). The van der Waals surface area contributed by atoms with Crippen molar-refractivity contribution in [3.05, 3.63) is 42.4 Å². The number of fused-ring (bicyclic) bond motifs is 1. The van der Waals surface area contributed by atoms with Gasteiger partial charge in [0.2, 0.25) is 12.7 Å². The van der Waals surface area contributed by atoms with E-state index in [1.165, 1.54) is 5.56 Å². The van der Waals surface area contributed by atoms with Crippen LogP contribution in [-0.4, -0.2) is 53.1 Å². The average molecular weight is 355 g/mol. The minimum Gasteiger partial charge on any atom is -0.473 e. The van der Waals surface area contributed by atoms with Gasteiger partial charge in [-0.1, -0.05) is 6.07 Å². The number of aromatic nitrogens is 2. The Morgan fingerprint density at radius 3 is 3.00 bits per heavy atom. The molecule has 0 unspecified atom stereocenters. The Balaban J connectivity index is 1.17. The molecule has 1 aromatic carbocycles. The zero-order valence-electron chi connectivity index (χ0n) is 14.5. The lowest BCUT2D eigenvalue weighted by atomic mass is 9.84. The lowest BCUT2D eigenvalue weighted by Crippen LogP contribution is -2.65. The summed E-state index contributed by atoms with van der Waals surface area (Å²) in [5.41, 5.74) is 1.13. The van der Waals surface area contributed by atoms with E-state index >= 15 is 0 Å². The van der Waals surface area contributed by atoms with Crippen LogP contribution in [0.4, 0.5) is 0 Å². The van der Waals surface area contributed by atoms with Gasteiger partial charge in [-0.15, -0.1) is 0 Å². The zero-order chi connectivity index (χ0) is 17.4. The molecule has 2 fully saturated rings. The highest BCUT2D eigenvalue weighted by Gasteiger charge is 2.48. The Kier molecular flexibility index (Phi) is 3.90. The SMILES string of the molecule is c1cnc(O[C@H]2CCOC3(C2)CN(Cc2ccc4c(c2)OCO4)C3)cn1. The molecular weight excluding hydrogens is 334 g/mol. The summed E-state index contributed by atoms with van der Waals surface area (Å²) in [6.07, 6.45) is 6.88. The van der Waals surface area contributed by atoms with Crippen molar-refractivity contribution in [2.24, 2.45) is 0 Å². The summed E-state index contributed by atoms with van der Waals surface area (Å²) in [4.78, 5) is 10.7. The van der Waals surface area contributed by atoms with Gasteiger partial charge >= 0.3 is 0 Å². The molecule has 3 aliphatic heterocycles. The van der Waals surface area contributed by atoms with Crippen LogP contribution in [0, 0.1) is 0 Å². The fourth-order valence-corrected chi connectivity index (χ4v) is 4.00. The first-order valence-corrected chi connectivity index (χ1v) is 8.96. The highest BCUT2D eigenvalue weighted by molar-refractivity contribution is 5.44. The molecule has 1 spiro atoms. The molecule has 0 amide bonds. The number of likely N-dealkylation sites (tertiary alicyclic amines) is 1. The second-order valence-electron chi connectivity index (χ2n) is 7.14. The third-order valence-corrected chi connectivity index (χ3v) is 5.14. The Hall–Kier alpha value is -2.38. The van der Waals surface area contributed by atoms with Gasteiger partial charge in [-0.25, -0.2) is 4.98 Å². The minimum atomic E-state index is -0.0958. The molecular formula is C19H21N3O4. The van der Waals surface area contributed by atoms with E-state index in [1.807, 2.05) is 6.07 Å². The van der Waals surface area contributed by atoms with E-state index in [9.17, 15) is 0 Å². The Bertz CT molecular complexity index is 780. The van der Waals surface area contributed by atoms with Crippen LogP contribution in [0.3, 0.4) is 0 Å². The largest absolute Gasteiger partial charge is 0.473 e. The van der Waals surface area contributed by atoms with Crippen molar-refractivity contribution < 1.29 is 18.9 Å². The molecule has 136 valence electrons. The standard InChI is InChI=1S/C19H21N3O4/c1-2-16-17(24-13-23-16)7-14(1)10-22-11-19(12-22)8-15(3-6-25-19)26-18-9-20-4-5-21-18/h1-2,4-5,7,9,15H,3,6,8,10-13H2/t15-/m0/s1. The van der Waals surface area contributed by atoms with E-state index in [4.69, 9.17) is 18.9 Å². The normalized spacial score (nSPS) is 23.6. The summed E-state index contributed by atoms with van der Waals surface area (Å²) in [5, 5.41) is 0. The first-order chi connectivity index (χ1) is 12.8. The molecule has 26 heavy (non-hydrogen) atoms. The fourth-order valence-electron chi connectivity index (χ4n) is 4.00. The van der Waals surface area contributed by atoms with Gasteiger partial charge in [0, 0.05) is 44.9 Å². The number of benzene rings is 1. The van der Waals surface area contributed by atoms with Crippen LogP contribution in [0.5, 0.6) is 17.4 Å². The van der Waals surface area contributed by atoms with Crippen molar-refractivity contribution in [3.63, 3.8) is 0 Å². The summed E-state index contributed by atoms with van der Waals surface area (Å²) in [6.45, 7) is 3.76. The van der Waals surface area contributed by atoms with Crippen molar-refractivity contribution >= 4 is 0 Å². The van der Waals surface area contributed by atoms with Gasteiger partial charge in [0.25, 0.3) is 0 Å². The molecule has 0 saturated carbocycles. The van der Waals surface area contributed by atoms with Crippen LogP contribution in [-0.2, 0) is 11.3 Å². The zero-order valence-corrected chi connectivity index (χ0v) is 14.5. The minimum absolute atomic E-state index is 0.0958. The molecule has 2 saturated heterocycles. The van der Waals surface area contributed by atoms with E-state index in [-0.39, 0.29) is 11.7 Å². The van der Waals surface area contributed by atoms with Gasteiger partial charge < -0.3 is 18.9 Å². The first kappa shape index (κ1) is 15.8. The molecule has 4 heterocycles. The van der Waals surface area contributed by atoms with E-state index in [0.29, 0.717) is 12.7 Å². The number of hydrogen-bond acceptors (Lipinski definition) is 7. The Morgan fingerprint density at radius 1 is 1.19 bits per heavy atom. The van der Waals surface area contributed by atoms with E-state index in [2.05, 4.69) is 27.0 Å². The number of ether oxygens (including phenoxy) is 4. The van der Waals surface area contributed by atoms with Crippen LogP contribution in [0.15, 0.2) is 36.8 Å². The maximum absolute atomic E-state index is 6.11. The molecule has 0 aliphatic carbocycles. The van der Waals surface area contributed by atoms with Gasteiger partial charge in [-0.05, 0) is 17.7 Å². The van der Waals surface area contributed by atoms with Crippen LogP contribution in [0.25, 0.3) is 0 Å². The van der Waals surface area contributed by atoms with Crippen molar-refractivity contribution in [2.45, 2.75) is 31.1 Å². The molecule has 2 aromatic rings. The van der Waals surface area contributed by atoms with E-state index in [0.717, 1.165) is 50.6 Å². The van der Waals surface area contributed by atoms with Crippen LogP contribution < -0.4 is 14.2 Å². The second kappa shape index (κ2) is 6.41. The van der Waals surface area contributed by atoms with Gasteiger partial charge in [-0.3, -0.25) is 9.88 Å². The topological polar surface area (TPSA) is 65.9 Å². The molecule has 3 aliphatic rings. The monoisotopic (exact) mass is 355 g/mol. The maximum Gasteiger partial charge on any atom is 0.232 e. The van der Waals surface area contributed by atoms with E-state index in [1.54, 1.807) is 18.6 Å². The number of hydrogen-bond donors (Lipinski definition) is 0. The van der Waals surface area contributed by atoms with Gasteiger partial charge in [0.1, 0.15) is 6.10 Å². The second-order valence-corrected chi connectivity index (χ2v) is 7.14. The first-order valence-electron chi connectivity index (χ1n) is 8.96. The molecule has 1 aromatic heterocycles. The Morgan fingerprint density at radius 2 is 2.12 bits per heavy atom. The van der Waals surface area contributed by atoms with Crippen molar-refractivity contribution in [1.29, 1.82) is 0 Å². The van der Waals surface area contributed by atoms with E-state index < -0.39 is 0 Å². The molecule has 0 bridgehead atoms. The summed E-state index contributed by atoms with van der Waals surface area (Å²) in [6, 6.07) is 6.14. The maximum atomic E-state index is 6.11. The molecule has 7 nitrogen and oxygen atoms in total. The third-order valence-electron chi connectivity index (χ3n) is 5.14. The fraction of sp³-hybridized carbons (Fsp3) is 0.474. The predicted octanol–water partition coefficient (Wildman–Crippen LogP) is 2.02.